The number of nitriles is 1. The topological polar surface area (TPSA) is 50.1 Å². The molecule has 3 fully saturated rings. The third kappa shape index (κ3) is 2.11. The molecular weight excluding hydrogens is 214 g/mol. The Kier molecular flexibility index (Phi) is 3.27. The highest BCUT2D eigenvalue weighted by atomic mass is 16.5. The number of Topliss-reactive ketones (excluding diaryl/α,β-unsaturated/α-hetero) is 1. The van der Waals surface area contributed by atoms with Crippen molar-refractivity contribution in [3.8, 4) is 6.07 Å². The highest BCUT2D eigenvalue weighted by molar-refractivity contribution is 5.88. The van der Waals surface area contributed by atoms with Crippen LogP contribution in [0.3, 0.4) is 0 Å². The number of rotatable bonds is 3. The number of fused-ring (bicyclic) bond motifs is 3. The Labute approximate surface area is 103 Å². The Morgan fingerprint density at radius 1 is 1.47 bits per heavy atom. The molecule has 0 aromatic carbocycles. The molecule has 3 nitrogen and oxygen atoms in total. The van der Waals surface area contributed by atoms with Crippen LogP contribution in [0, 0.1) is 28.6 Å². The molecule has 3 rings (SSSR count). The Morgan fingerprint density at radius 3 is 2.65 bits per heavy atom. The molecule has 1 aliphatic carbocycles. The smallest absolute Gasteiger partial charge is 0.167 e. The van der Waals surface area contributed by atoms with E-state index >= 15 is 0 Å². The van der Waals surface area contributed by atoms with Gasteiger partial charge in [0.05, 0.1) is 18.1 Å². The molecule has 1 saturated carbocycles. The summed E-state index contributed by atoms with van der Waals surface area (Å²) in [5, 5.41) is 9.03. The van der Waals surface area contributed by atoms with Gasteiger partial charge in [0, 0.05) is 5.41 Å². The summed E-state index contributed by atoms with van der Waals surface area (Å²) in [6.07, 6.45) is 3.40. The SMILES string of the molecule is CCC(C)(C)C(=O)C1OC2CCC1CC2C#N. The maximum absolute atomic E-state index is 12.4. The second-order valence-corrected chi connectivity index (χ2v) is 6.01. The van der Waals surface area contributed by atoms with Crippen LogP contribution in [-0.2, 0) is 9.53 Å². The molecule has 4 unspecified atom stereocenters. The molecule has 17 heavy (non-hydrogen) atoms. The quantitative estimate of drug-likeness (QED) is 0.755. The maximum atomic E-state index is 12.4. The fraction of sp³-hybridized carbons (Fsp3) is 0.857. The van der Waals surface area contributed by atoms with E-state index in [9.17, 15) is 4.79 Å². The van der Waals surface area contributed by atoms with Gasteiger partial charge in [-0.05, 0) is 31.6 Å². The Morgan fingerprint density at radius 2 is 2.18 bits per heavy atom. The van der Waals surface area contributed by atoms with E-state index in [4.69, 9.17) is 10.00 Å². The third-order valence-electron chi connectivity index (χ3n) is 4.55. The summed E-state index contributed by atoms with van der Waals surface area (Å²) in [5.41, 5.74) is -0.301. The first-order valence-corrected chi connectivity index (χ1v) is 6.59. The highest BCUT2D eigenvalue weighted by Gasteiger charge is 2.48. The zero-order valence-electron chi connectivity index (χ0n) is 10.9. The second-order valence-electron chi connectivity index (χ2n) is 6.01. The van der Waals surface area contributed by atoms with Gasteiger partial charge in [-0.1, -0.05) is 20.8 Å². The largest absolute Gasteiger partial charge is 0.366 e. The van der Waals surface area contributed by atoms with Crippen molar-refractivity contribution in [2.75, 3.05) is 0 Å². The molecule has 0 aromatic rings. The summed E-state index contributed by atoms with van der Waals surface area (Å²) in [4.78, 5) is 12.4. The minimum Gasteiger partial charge on any atom is -0.366 e. The molecule has 0 radical (unpaired) electrons. The van der Waals surface area contributed by atoms with Gasteiger partial charge in [-0.15, -0.1) is 0 Å². The lowest BCUT2D eigenvalue weighted by Crippen LogP contribution is -2.52. The van der Waals surface area contributed by atoms with Crippen LogP contribution in [0.1, 0.15) is 46.5 Å². The van der Waals surface area contributed by atoms with E-state index < -0.39 is 0 Å². The summed E-state index contributed by atoms with van der Waals surface area (Å²) in [7, 11) is 0. The van der Waals surface area contributed by atoms with Crippen LogP contribution in [-0.4, -0.2) is 18.0 Å². The van der Waals surface area contributed by atoms with Gasteiger partial charge in [-0.25, -0.2) is 0 Å². The minimum atomic E-state index is -0.301. The maximum Gasteiger partial charge on any atom is 0.167 e. The van der Waals surface area contributed by atoms with Crippen molar-refractivity contribution in [1.82, 2.24) is 0 Å². The van der Waals surface area contributed by atoms with E-state index in [0.29, 0.717) is 0 Å². The molecule has 3 heteroatoms. The molecule has 2 saturated heterocycles. The molecule has 2 heterocycles. The molecule has 94 valence electrons. The lowest BCUT2D eigenvalue weighted by Gasteiger charge is -2.46. The molecule has 0 amide bonds. The van der Waals surface area contributed by atoms with Crippen LogP contribution < -0.4 is 0 Å². The number of carbonyl (C=O) groups excluding carboxylic acids is 1. The first-order valence-electron chi connectivity index (χ1n) is 6.59. The number of nitrogens with zero attached hydrogens (tertiary/aromatic N) is 1. The van der Waals surface area contributed by atoms with E-state index in [1.165, 1.54) is 0 Å². The van der Waals surface area contributed by atoms with Crippen LogP contribution in [0.15, 0.2) is 0 Å². The van der Waals surface area contributed by atoms with E-state index in [1.807, 2.05) is 20.8 Å². The fourth-order valence-corrected chi connectivity index (χ4v) is 2.88. The Hall–Kier alpha value is -0.880. The molecule has 4 atom stereocenters. The summed E-state index contributed by atoms with van der Waals surface area (Å²) in [6.45, 7) is 6.02. The van der Waals surface area contributed by atoms with Gasteiger partial charge in [-0.3, -0.25) is 4.79 Å². The summed E-state index contributed by atoms with van der Waals surface area (Å²) < 4.78 is 5.87. The van der Waals surface area contributed by atoms with Gasteiger partial charge < -0.3 is 4.74 Å². The van der Waals surface area contributed by atoms with Gasteiger partial charge in [0.1, 0.15) is 6.10 Å². The molecule has 2 aliphatic heterocycles. The van der Waals surface area contributed by atoms with E-state index in [-0.39, 0.29) is 35.2 Å². The molecule has 3 aliphatic rings. The monoisotopic (exact) mass is 235 g/mol. The third-order valence-corrected chi connectivity index (χ3v) is 4.55. The van der Waals surface area contributed by atoms with Crippen molar-refractivity contribution < 1.29 is 9.53 Å². The molecular formula is C14H21NO2. The van der Waals surface area contributed by atoms with Crippen molar-refractivity contribution in [1.29, 1.82) is 5.26 Å². The Bertz CT molecular complexity index is 356. The summed E-state index contributed by atoms with van der Waals surface area (Å²) in [6, 6.07) is 2.31. The van der Waals surface area contributed by atoms with Crippen LogP contribution in [0.2, 0.25) is 0 Å². The van der Waals surface area contributed by atoms with E-state index in [0.717, 1.165) is 25.7 Å². The highest BCUT2D eigenvalue weighted by Crippen LogP contribution is 2.43. The summed E-state index contributed by atoms with van der Waals surface area (Å²) >= 11 is 0. The fourth-order valence-electron chi connectivity index (χ4n) is 2.88. The van der Waals surface area contributed by atoms with Gasteiger partial charge >= 0.3 is 0 Å². The van der Waals surface area contributed by atoms with Crippen molar-refractivity contribution in [3.05, 3.63) is 0 Å². The first kappa shape index (κ1) is 12.6. The number of hydrogen-bond donors (Lipinski definition) is 0. The van der Waals surface area contributed by atoms with Crippen LogP contribution in [0.4, 0.5) is 0 Å². The molecule has 0 spiro atoms. The van der Waals surface area contributed by atoms with Crippen molar-refractivity contribution in [3.63, 3.8) is 0 Å². The van der Waals surface area contributed by atoms with E-state index in [2.05, 4.69) is 6.07 Å². The zero-order valence-corrected chi connectivity index (χ0v) is 10.9. The molecule has 0 aromatic heterocycles. The number of carbonyl (C=O) groups is 1. The van der Waals surface area contributed by atoms with E-state index in [1.54, 1.807) is 0 Å². The van der Waals surface area contributed by atoms with Gasteiger partial charge in [0.25, 0.3) is 0 Å². The average Bonchev–Trinajstić information content (AvgIpc) is 2.38. The standard InChI is InChI=1S/C14H21NO2/c1-4-14(2,3)13(16)12-9-5-6-11(17-12)10(7-9)8-15/h9-12H,4-7H2,1-3H3. The van der Waals surface area contributed by atoms with Crippen molar-refractivity contribution in [2.24, 2.45) is 17.3 Å². The lowest BCUT2D eigenvalue weighted by atomic mass is 9.69. The molecule has 0 N–H and O–H groups in total. The number of hydrogen-bond acceptors (Lipinski definition) is 3. The number of ether oxygens (including phenoxy) is 1. The minimum absolute atomic E-state index is 0.00235. The average molecular weight is 235 g/mol. The second kappa shape index (κ2) is 4.42. The van der Waals surface area contributed by atoms with Crippen molar-refractivity contribution in [2.45, 2.75) is 58.7 Å². The van der Waals surface area contributed by atoms with Crippen molar-refractivity contribution >= 4 is 5.78 Å². The summed E-state index contributed by atoms with van der Waals surface area (Å²) in [5.74, 6) is 0.497. The number of ketones is 1. The normalized spacial score (nSPS) is 36.6. The van der Waals surface area contributed by atoms with Gasteiger partial charge in [0.2, 0.25) is 0 Å². The first-order chi connectivity index (χ1) is 7.99. The molecule has 2 bridgehead atoms. The van der Waals surface area contributed by atoms with Gasteiger partial charge in [0.15, 0.2) is 5.78 Å². The predicted molar refractivity (Wildman–Crippen MR) is 64.2 cm³/mol. The van der Waals surface area contributed by atoms with Gasteiger partial charge in [-0.2, -0.15) is 5.26 Å². The van der Waals surface area contributed by atoms with Crippen LogP contribution in [0.5, 0.6) is 0 Å². The van der Waals surface area contributed by atoms with Crippen LogP contribution in [0.25, 0.3) is 0 Å². The predicted octanol–water partition coefficient (Wildman–Crippen LogP) is 2.70. The Balaban J connectivity index is 2.12. The zero-order chi connectivity index (χ0) is 12.6. The van der Waals surface area contributed by atoms with Crippen LogP contribution >= 0.6 is 0 Å². The lowest BCUT2D eigenvalue weighted by molar-refractivity contribution is -0.173.